The number of aromatic nitrogens is 1. The lowest BCUT2D eigenvalue weighted by atomic mass is 10.2. The van der Waals surface area contributed by atoms with Crippen LogP contribution in [0.1, 0.15) is 18.9 Å². The van der Waals surface area contributed by atoms with Crippen molar-refractivity contribution in [2.75, 3.05) is 17.2 Å². The van der Waals surface area contributed by atoms with Gasteiger partial charge in [-0.05, 0) is 42.0 Å². The van der Waals surface area contributed by atoms with E-state index in [9.17, 15) is 9.59 Å². The van der Waals surface area contributed by atoms with E-state index in [1.807, 2.05) is 36.4 Å². The lowest BCUT2D eigenvalue weighted by Gasteiger charge is -2.08. The van der Waals surface area contributed by atoms with Crippen molar-refractivity contribution in [2.45, 2.75) is 19.9 Å². The molecule has 0 saturated carbocycles. The van der Waals surface area contributed by atoms with Gasteiger partial charge < -0.3 is 16.0 Å². The number of carbonyl (C=O) groups is 2. The summed E-state index contributed by atoms with van der Waals surface area (Å²) in [5.41, 5.74) is 2.68. The van der Waals surface area contributed by atoms with Gasteiger partial charge in [0.05, 0.1) is 0 Å². The number of hydrogen-bond acceptors (Lipinski definition) is 4. The molecule has 0 radical (unpaired) electrons. The Bertz CT molecular complexity index is 641. The SMILES string of the molecule is CC(=O)Nc1ccc(NCCC(=O)NCc2ccncc2)cc1. The molecule has 0 aliphatic rings. The van der Waals surface area contributed by atoms with Crippen molar-refractivity contribution in [2.24, 2.45) is 0 Å². The van der Waals surface area contributed by atoms with E-state index in [4.69, 9.17) is 0 Å². The molecule has 0 aliphatic carbocycles. The van der Waals surface area contributed by atoms with Crippen LogP contribution in [0.2, 0.25) is 0 Å². The predicted octanol–water partition coefficient (Wildman–Crippen LogP) is 2.16. The Morgan fingerprint density at radius 2 is 1.65 bits per heavy atom. The normalized spacial score (nSPS) is 9.96. The fraction of sp³-hybridized carbons (Fsp3) is 0.235. The topological polar surface area (TPSA) is 83.1 Å². The van der Waals surface area contributed by atoms with Crippen molar-refractivity contribution < 1.29 is 9.59 Å². The number of benzene rings is 1. The van der Waals surface area contributed by atoms with Gasteiger partial charge in [0, 0.05) is 50.2 Å². The first-order valence-electron chi connectivity index (χ1n) is 7.40. The first kappa shape index (κ1) is 16.5. The van der Waals surface area contributed by atoms with Crippen molar-refractivity contribution in [3.8, 4) is 0 Å². The molecule has 1 heterocycles. The van der Waals surface area contributed by atoms with Crippen LogP contribution in [0.25, 0.3) is 0 Å². The molecule has 1 aromatic heterocycles. The maximum Gasteiger partial charge on any atom is 0.222 e. The van der Waals surface area contributed by atoms with E-state index < -0.39 is 0 Å². The van der Waals surface area contributed by atoms with Gasteiger partial charge in [-0.15, -0.1) is 0 Å². The first-order valence-corrected chi connectivity index (χ1v) is 7.40. The molecule has 6 heteroatoms. The molecule has 2 aromatic rings. The molecule has 23 heavy (non-hydrogen) atoms. The molecule has 0 spiro atoms. The van der Waals surface area contributed by atoms with Gasteiger partial charge in [0.2, 0.25) is 11.8 Å². The molecule has 1 aromatic carbocycles. The van der Waals surface area contributed by atoms with Gasteiger partial charge in [0.15, 0.2) is 0 Å². The van der Waals surface area contributed by atoms with Crippen LogP contribution in [-0.4, -0.2) is 23.3 Å². The van der Waals surface area contributed by atoms with Crippen LogP contribution in [0.5, 0.6) is 0 Å². The Labute approximate surface area is 135 Å². The maximum atomic E-state index is 11.8. The molecule has 0 fully saturated rings. The quantitative estimate of drug-likeness (QED) is 0.731. The maximum absolute atomic E-state index is 11.8. The molecule has 0 atom stereocenters. The van der Waals surface area contributed by atoms with Crippen LogP contribution in [0, 0.1) is 0 Å². The second kappa shape index (κ2) is 8.53. The molecule has 2 rings (SSSR count). The molecule has 6 nitrogen and oxygen atoms in total. The summed E-state index contributed by atoms with van der Waals surface area (Å²) >= 11 is 0. The minimum Gasteiger partial charge on any atom is -0.385 e. The summed E-state index contributed by atoms with van der Waals surface area (Å²) in [6.45, 7) is 2.52. The monoisotopic (exact) mass is 312 g/mol. The lowest BCUT2D eigenvalue weighted by molar-refractivity contribution is -0.121. The van der Waals surface area contributed by atoms with Crippen molar-refractivity contribution in [1.82, 2.24) is 10.3 Å². The Morgan fingerprint density at radius 3 is 2.30 bits per heavy atom. The Morgan fingerprint density at radius 1 is 1.00 bits per heavy atom. The second-order valence-corrected chi connectivity index (χ2v) is 5.07. The molecule has 120 valence electrons. The van der Waals surface area contributed by atoms with Gasteiger partial charge in [0.1, 0.15) is 0 Å². The minimum atomic E-state index is -0.100. The Balaban J connectivity index is 1.68. The number of nitrogens with one attached hydrogen (secondary N) is 3. The van der Waals surface area contributed by atoms with E-state index in [-0.39, 0.29) is 11.8 Å². The van der Waals surface area contributed by atoms with Gasteiger partial charge >= 0.3 is 0 Å². The molecule has 0 unspecified atom stereocenters. The van der Waals surface area contributed by atoms with Crippen molar-refractivity contribution in [3.05, 3.63) is 54.4 Å². The summed E-state index contributed by atoms with van der Waals surface area (Å²) < 4.78 is 0. The predicted molar refractivity (Wildman–Crippen MR) is 89.9 cm³/mol. The number of rotatable bonds is 7. The molecule has 2 amide bonds. The van der Waals surface area contributed by atoms with E-state index in [0.717, 1.165) is 16.9 Å². The summed E-state index contributed by atoms with van der Waals surface area (Å²) in [4.78, 5) is 26.6. The first-order chi connectivity index (χ1) is 11.1. The standard InChI is InChI=1S/C17H20N4O2/c1-13(22)21-16-4-2-15(3-5-16)19-11-8-17(23)20-12-14-6-9-18-10-7-14/h2-7,9-10,19H,8,11-12H2,1H3,(H,20,23)(H,21,22). The number of pyridine rings is 1. The highest BCUT2D eigenvalue weighted by Gasteiger charge is 2.01. The van der Waals surface area contributed by atoms with Crippen molar-refractivity contribution in [3.63, 3.8) is 0 Å². The summed E-state index contributed by atoms with van der Waals surface area (Å²) in [6, 6.07) is 11.1. The number of nitrogens with zero attached hydrogens (tertiary/aromatic N) is 1. The number of carbonyl (C=O) groups excluding carboxylic acids is 2. The third-order valence-corrected chi connectivity index (χ3v) is 3.13. The van der Waals surface area contributed by atoms with Crippen LogP contribution >= 0.6 is 0 Å². The molecule has 3 N–H and O–H groups in total. The van der Waals surface area contributed by atoms with Gasteiger partial charge in [-0.25, -0.2) is 0 Å². The van der Waals surface area contributed by atoms with Gasteiger partial charge in [-0.2, -0.15) is 0 Å². The Hall–Kier alpha value is -2.89. The minimum absolute atomic E-state index is 0.0100. The van der Waals surface area contributed by atoms with Crippen molar-refractivity contribution >= 4 is 23.2 Å². The molecular formula is C17H20N4O2. The summed E-state index contributed by atoms with van der Waals surface area (Å²) in [7, 11) is 0. The zero-order valence-electron chi connectivity index (χ0n) is 13.0. The molecular weight excluding hydrogens is 292 g/mol. The third-order valence-electron chi connectivity index (χ3n) is 3.13. The number of hydrogen-bond donors (Lipinski definition) is 3. The smallest absolute Gasteiger partial charge is 0.222 e. The van der Waals surface area contributed by atoms with E-state index in [1.165, 1.54) is 6.92 Å². The van der Waals surface area contributed by atoms with Gasteiger partial charge in [-0.1, -0.05) is 0 Å². The van der Waals surface area contributed by atoms with E-state index >= 15 is 0 Å². The van der Waals surface area contributed by atoms with Crippen LogP contribution in [0.15, 0.2) is 48.8 Å². The van der Waals surface area contributed by atoms with Crippen LogP contribution < -0.4 is 16.0 Å². The molecule has 0 aliphatic heterocycles. The van der Waals surface area contributed by atoms with Crippen LogP contribution in [-0.2, 0) is 16.1 Å². The summed E-state index contributed by atoms with van der Waals surface area (Å²) in [5, 5.41) is 8.74. The molecule has 0 bridgehead atoms. The van der Waals surface area contributed by atoms with Crippen molar-refractivity contribution in [1.29, 1.82) is 0 Å². The number of anilines is 2. The fourth-order valence-corrected chi connectivity index (χ4v) is 1.98. The lowest BCUT2D eigenvalue weighted by Crippen LogP contribution is -2.24. The highest BCUT2D eigenvalue weighted by Crippen LogP contribution is 2.13. The van der Waals surface area contributed by atoms with E-state index in [1.54, 1.807) is 12.4 Å². The highest BCUT2D eigenvalue weighted by molar-refractivity contribution is 5.88. The van der Waals surface area contributed by atoms with E-state index in [0.29, 0.717) is 19.5 Å². The fourth-order valence-electron chi connectivity index (χ4n) is 1.98. The zero-order chi connectivity index (χ0) is 16.5. The van der Waals surface area contributed by atoms with Crippen LogP contribution in [0.3, 0.4) is 0 Å². The average Bonchev–Trinajstić information content (AvgIpc) is 2.55. The largest absolute Gasteiger partial charge is 0.385 e. The van der Waals surface area contributed by atoms with Crippen LogP contribution in [0.4, 0.5) is 11.4 Å². The highest BCUT2D eigenvalue weighted by atomic mass is 16.2. The van der Waals surface area contributed by atoms with Gasteiger partial charge in [0.25, 0.3) is 0 Å². The zero-order valence-corrected chi connectivity index (χ0v) is 13.0. The Kier molecular flexibility index (Phi) is 6.11. The number of amides is 2. The van der Waals surface area contributed by atoms with E-state index in [2.05, 4.69) is 20.9 Å². The third kappa shape index (κ3) is 6.17. The van der Waals surface area contributed by atoms with Gasteiger partial charge in [-0.3, -0.25) is 14.6 Å². The summed E-state index contributed by atoms with van der Waals surface area (Å²) in [5.74, 6) is -0.110. The average molecular weight is 312 g/mol. The second-order valence-electron chi connectivity index (χ2n) is 5.07. The summed E-state index contributed by atoms with van der Waals surface area (Å²) in [6.07, 6.45) is 3.79. The molecule has 0 saturated heterocycles.